The number of imidazole rings is 1. The highest BCUT2D eigenvalue weighted by atomic mass is 19.2. The van der Waals surface area contributed by atoms with Gasteiger partial charge in [0.25, 0.3) is 0 Å². The van der Waals surface area contributed by atoms with Crippen molar-refractivity contribution < 1.29 is 18.3 Å². The molecule has 1 aliphatic heterocycles. The molecule has 1 unspecified atom stereocenters. The maximum atomic E-state index is 13.9. The SMILES string of the molecule is C=CC(=O)N1CCCC1c1nc(-c2ccc(OCc3cccc(F)c3F)cc2)c2cnccn12. The van der Waals surface area contributed by atoms with Gasteiger partial charge in [0.05, 0.1) is 23.4 Å². The fourth-order valence-corrected chi connectivity index (χ4v) is 4.36. The summed E-state index contributed by atoms with van der Waals surface area (Å²) in [4.78, 5) is 23.3. The number of fused-ring (bicyclic) bond motifs is 1. The molecule has 3 heterocycles. The molecule has 0 spiro atoms. The van der Waals surface area contributed by atoms with Crippen LogP contribution < -0.4 is 4.74 Å². The van der Waals surface area contributed by atoms with Gasteiger partial charge in [-0.05, 0) is 49.2 Å². The molecule has 1 aliphatic rings. The van der Waals surface area contributed by atoms with E-state index in [0.717, 1.165) is 41.5 Å². The lowest BCUT2D eigenvalue weighted by atomic mass is 10.1. The Morgan fingerprint density at radius 1 is 1.21 bits per heavy atom. The number of hydrogen-bond donors (Lipinski definition) is 0. The van der Waals surface area contributed by atoms with Crippen LogP contribution in [-0.4, -0.2) is 31.7 Å². The molecule has 5 rings (SSSR count). The van der Waals surface area contributed by atoms with Gasteiger partial charge in [0.1, 0.15) is 18.2 Å². The van der Waals surface area contributed by atoms with Crippen molar-refractivity contribution >= 4 is 11.4 Å². The zero-order valence-corrected chi connectivity index (χ0v) is 18.3. The quantitative estimate of drug-likeness (QED) is 0.376. The second kappa shape index (κ2) is 9.05. The molecule has 0 N–H and O–H groups in total. The topological polar surface area (TPSA) is 59.7 Å². The molecule has 1 amide bonds. The van der Waals surface area contributed by atoms with Gasteiger partial charge in [0.15, 0.2) is 11.6 Å². The van der Waals surface area contributed by atoms with Crippen LogP contribution in [0, 0.1) is 11.6 Å². The molecule has 2 aromatic carbocycles. The van der Waals surface area contributed by atoms with E-state index in [1.54, 1.807) is 29.4 Å². The van der Waals surface area contributed by atoms with Gasteiger partial charge in [0, 0.05) is 30.1 Å². The third kappa shape index (κ3) is 3.91. The predicted molar refractivity (Wildman–Crippen MR) is 123 cm³/mol. The molecule has 1 fully saturated rings. The van der Waals surface area contributed by atoms with Gasteiger partial charge >= 0.3 is 0 Å². The fourth-order valence-electron chi connectivity index (χ4n) is 4.36. The Kier molecular flexibility index (Phi) is 5.79. The number of carbonyl (C=O) groups excluding carboxylic acids is 1. The van der Waals surface area contributed by atoms with Crippen molar-refractivity contribution in [3.05, 3.63) is 96.7 Å². The number of aromatic nitrogens is 3. The summed E-state index contributed by atoms with van der Waals surface area (Å²) in [5.41, 5.74) is 2.56. The lowest BCUT2D eigenvalue weighted by Gasteiger charge is -2.22. The van der Waals surface area contributed by atoms with Crippen LogP contribution in [0.25, 0.3) is 16.8 Å². The highest BCUT2D eigenvalue weighted by Gasteiger charge is 2.32. The monoisotopic (exact) mass is 460 g/mol. The van der Waals surface area contributed by atoms with Crippen molar-refractivity contribution in [2.24, 2.45) is 0 Å². The Morgan fingerprint density at radius 2 is 2.03 bits per heavy atom. The third-order valence-corrected chi connectivity index (χ3v) is 6.04. The van der Waals surface area contributed by atoms with Crippen molar-refractivity contribution in [1.29, 1.82) is 0 Å². The number of hydrogen-bond acceptors (Lipinski definition) is 4. The van der Waals surface area contributed by atoms with Crippen LogP contribution in [0.15, 0.2) is 73.7 Å². The number of halogens is 2. The van der Waals surface area contributed by atoms with Gasteiger partial charge in [-0.1, -0.05) is 18.7 Å². The van der Waals surface area contributed by atoms with Crippen molar-refractivity contribution in [1.82, 2.24) is 19.3 Å². The van der Waals surface area contributed by atoms with E-state index in [2.05, 4.69) is 11.6 Å². The molecule has 8 heteroatoms. The zero-order valence-electron chi connectivity index (χ0n) is 18.3. The van der Waals surface area contributed by atoms with E-state index in [4.69, 9.17) is 9.72 Å². The molecule has 34 heavy (non-hydrogen) atoms. The minimum absolute atomic E-state index is 0.0841. The van der Waals surface area contributed by atoms with Crippen LogP contribution in [0.2, 0.25) is 0 Å². The van der Waals surface area contributed by atoms with Crippen molar-refractivity contribution in [2.45, 2.75) is 25.5 Å². The summed E-state index contributed by atoms with van der Waals surface area (Å²) in [6.45, 7) is 4.21. The first-order chi connectivity index (χ1) is 16.6. The van der Waals surface area contributed by atoms with Crippen molar-refractivity contribution in [2.75, 3.05) is 6.54 Å². The first-order valence-electron chi connectivity index (χ1n) is 11.0. The van der Waals surface area contributed by atoms with E-state index in [1.807, 2.05) is 22.7 Å². The Balaban J connectivity index is 1.43. The normalized spacial score (nSPS) is 15.6. The Bertz CT molecular complexity index is 1370. The molecule has 2 aromatic heterocycles. The number of ether oxygens (including phenoxy) is 1. The number of nitrogens with zero attached hydrogens (tertiary/aromatic N) is 4. The van der Waals surface area contributed by atoms with E-state index in [9.17, 15) is 13.6 Å². The van der Waals surface area contributed by atoms with Gasteiger partial charge in [-0.15, -0.1) is 0 Å². The van der Waals surface area contributed by atoms with E-state index in [-0.39, 0.29) is 24.1 Å². The summed E-state index contributed by atoms with van der Waals surface area (Å²) in [6, 6.07) is 11.1. The molecular weight excluding hydrogens is 438 g/mol. The zero-order chi connectivity index (χ0) is 23.7. The minimum Gasteiger partial charge on any atom is -0.489 e. The first kappa shape index (κ1) is 21.8. The van der Waals surface area contributed by atoms with Gasteiger partial charge in [-0.2, -0.15) is 0 Å². The lowest BCUT2D eigenvalue weighted by Crippen LogP contribution is -2.29. The van der Waals surface area contributed by atoms with Crippen LogP contribution in [0.4, 0.5) is 8.78 Å². The summed E-state index contributed by atoms with van der Waals surface area (Å²) in [5, 5.41) is 0. The Hall–Kier alpha value is -4.07. The van der Waals surface area contributed by atoms with E-state index >= 15 is 0 Å². The van der Waals surface area contributed by atoms with Crippen LogP contribution in [0.3, 0.4) is 0 Å². The first-order valence-corrected chi connectivity index (χ1v) is 11.0. The summed E-state index contributed by atoms with van der Waals surface area (Å²) in [6.07, 6.45) is 8.35. The van der Waals surface area contributed by atoms with E-state index < -0.39 is 11.6 Å². The van der Waals surface area contributed by atoms with Gasteiger partial charge in [-0.25, -0.2) is 13.8 Å². The number of carbonyl (C=O) groups is 1. The molecule has 6 nitrogen and oxygen atoms in total. The van der Waals surface area contributed by atoms with Crippen LogP contribution in [-0.2, 0) is 11.4 Å². The van der Waals surface area contributed by atoms with Gasteiger partial charge in [-0.3, -0.25) is 14.2 Å². The fraction of sp³-hybridized carbons (Fsp3) is 0.192. The minimum atomic E-state index is -0.903. The molecule has 1 saturated heterocycles. The third-order valence-electron chi connectivity index (χ3n) is 6.04. The average molecular weight is 460 g/mol. The summed E-state index contributed by atoms with van der Waals surface area (Å²) >= 11 is 0. The second-order valence-corrected chi connectivity index (χ2v) is 8.07. The largest absolute Gasteiger partial charge is 0.489 e. The van der Waals surface area contributed by atoms with Gasteiger partial charge < -0.3 is 9.64 Å². The highest BCUT2D eigenvalue weighted by Crippen LogP contribution is 2.35. The summed E-state index contributed by atoms with van der Waals surface area (Å²) in [7, 11) is 0. The molecular formula is C26H22F2N4O2. The smallest absolute Gasteiger partial charge is 0.246 e. The summed E-state index contributed by atoms with van der Waals surface area (Å²) in [5.74, 6) is -0.608. The Morgan fingerprint density at radius 3 is 2.82 bits per heavy atom. The molecule has 172 valence electrons. The number of likely N-dealkylation sites (tertiary alicyclic amines) is 1. The number of benzene rings is 2. The maximum Gasteiger partial charge on any atom is 0.246 e. The van der Waals surface area contributed by atoms with E-state index in [0.29, 0.717) is 12.3 Å². The second-order valence-electron chi connectivity index (χ2n) is 8.07. The average Bonchev–Trinajstić information content (AvgIpc) is 3.50. The molecule has 4 aromatic rings. The molecule has 0 radical (unpaired) electrons. The standard InChI is InChI=1S/C26H22F2N4O2/c1-2-23(33)31-13-4-7-21(31)26-30-25(22-15-29-12-14-32(22)26)17-8-10-19(11-9-17)34-16-18-5-3-6-20(27)24(18)28/h2-3,5-6,8-12,14-15,21H,1,4,7,13,16H2. The van der Waals surface area contributed by atoms with Gasteiger partial charge in [0.2, 0.25) is 5.91 Å². The molecule has 0 aliphatic carbocycles. The van der Waals surface area contributed by atoms with Crippen LogP contribution in [0.5, 0.6) is 5.75 Å². The Labute approximate surface area is 195 Å². The van der Waals surface area contributed by atoms with Crippen LogP contribution in [0.1, 0.15) is 30.3 Å². The highest BCUT2D eigenvalue weighted by molar-refractivity contribution is 5.87. The molecule has 0 bridgehead atoms. The number of rotatable bonds is 6. The van der Waals surface area contributed by atoms with Crippen molar-refractivity contribution in [3.63, 3.8) is 0 Å². The molecule has 1 atom stereocenters. The van der Waals surface area contributed by atoms with Crippen molar-refractivity contribution in [3.8, 4) is 17.0 Å². The predicted octanol–water partition coefficient (Wildman–Crippen LogP) is 5.10. The summed E-state index contributed by atoms with van der Waals surface area (Å²) < 4.78 is 34.9. The molecule has 0 saturated carbocycles. The van der Waals surface area contributed by atoms with E-state index in [1.165, 1.54) is 18.2 Å². The maximum absolute atomic E-state index is 13.9. The number of amides is 1. The van der Waals surface area contributed by atoms with Crippen LogP contribution >= 0.6 is 0 Å². The lowest BCUT2D eigenvalue weighted by molar-refractivity contribution is -0.127.